The Morgan fingerprint density at radius 3 is 2.05 bits per heavy atom. The molecule has 1 aromatic rings. The summed E-state index contributed by atoms with van der Waals surface area (Å²) in [5, 5.41) is 13.8. The molecule has 0 unspecified atom stereocenters. The van der Waals surface area contributed by atoms with Crippen molar-refractivity contribution in [2.45, 2.75) is 31.3 Å². The van der Waals surface area contributed by atoms with Crippen LogP contribution in [0.2, 0.25) is 0 Å². The van der Waals surface area contributed by atoms with Gasteiger partial charge in [0.15, 0.2) is 0 Å². The van der Waals surface area contributed by atoms with Crippen LogP contribution in [0.15, 0.2) is 30.3 Å². The zero-order valence-electron chi connectivity index (χ0n) is 11.3. The summed E-state index contributed by atoms with van der Waals surface area (Å²) >= 11 is 0. The van der Waals surface area contributed by atoms with Crippen LogP contribution in [0.4, 0.5) is 0 Å². The number of imide groups is 1. The van der Waals surface area contributed by atoms with Crippen molar-refractivity contribution < 1.29 is 14.7 Å². The van der Waals surface area contributed by atoms with Gasteiger partial charge >= 0.3 is 0 Å². The van der Waals surface area contributed by atoms with Crippen LogP contribution < -0.4 is 0 Å². The predicted octanol–water partition coefficient (Wildman–Crippen LogP) is 1.03. The number of hydrogen-bond acceptors (Lipinski definition) is 4. The van der Waals surface area contributed by atoms with Crippen LogP contribution in [0.1, 0.15) is 31.2 Å². The van der Waals surface area contributed by atoms with Gasteiger partial charge in [-0.05, 0) is 18.4 Å². The molecule has 0 aliphatic carbocycles. The lowest BCUT2D eigenvalue weighted by atomic mass is 9.85. The van der Waals surface area contributed by atoms with Crippen molar-refractivity contribution in [1.29, 1.82) is 0 Å². The van der Waals surface area contributed by atoms with Crippen molar-refractivity contribution in [1.82, 2.24) is 10.0 Å². The molecule has 2 amide bonds. The number of carbonyl (C=O) groups excluding carboxylic acids is 2. The maximum atomic E-state index is 11.7. The van der Waals surface area contributed by atoms with Crippen LogP contribution >= 0.6 is 0 Å². The topological polar surface area (TPSA) is 60.9 Å². The Hall–Kier alpha value is -1.72. The van der Waals surface area contributed by atoms with Crippen molar-refractivity contribution in [3.63, 3.8) is 0 Å². The second-order valence-electron chi connectivity index (χ2n) is 5.45. The second-order valence-corrected chi connectivity index (χ2v) is 5.45. The number of nitrogens with zero attached hydrogens (tertiary/aromatic N) is 2. The molecule has 2 heterocycles. The minimum atomic E-state index is -0.858. The number of aliphatic hydroxyl groups is 1. The van der Waals surface area contributed by atoms with Crippen LogP contribution in [-0.2, 0) is 15.2 Å². The molecule has 0 spiro atoms. The molecule has 2 fully saturated rings. The maximum Gasteiger partial charge on any atom is 0.244 e. The van der Waals surface area contributed by atoms with E-state index in [0.717, 1.165) is 5.56 Å². The minimum Gasteiger partial charge on any atom is -0.385 e. The summed E-state index contributed by atoms with van der Waals surface area (Å²) in [4.78, 5) is 23.4. The lowest BCUT2D eigenvalue weighted by Crippen LogP contribution is -2.52. The summed E-state index contributed by atoms with van der Waals surface area (Å²) in [5.41, 5.74) is 0.0440. The molecular formula is C15H18N2O3. The highest BCUT2D eigenvalue weighted by molar-refractivity contribution is 6.01. The summed E-state index contributed by atoms with van der Waals surface area (Å²) in [5.74, 6) is -0.250. The van der Waals surface area contributed by atoms with Gasteiger partial charge < -0.3 is 5.11 Å². The predicted molar refractivity (Wildman–Crippen MR) is 72.2 cm³/mol. The standard InChI is InChI=1S/C15H18N2O3/c18-13-6-7-14(19)17(13)16-10-8-15(20,9-11-16)12-4-2-1-3-5-12/h1-5,20H,6-11H2. The molecule has 0 radical (unpaired) electrons. The summed E-state index contributed by atoms with van der Waals surface area (Å²) in [7, 11) is 0. The molecule has 1 N–H and O–H groups in total. The molecule has 106 valence electrons. The second kappa shape index (κ2) is 5.00. The molecule has 1 aromatic carbocycles. The third kappa shape index (κ3) is 2.23. The van der Waals surface area contributed by atoms with E-state index in [2.05, 4.69) is 0 Å². The van der Waals surface area contributed by atoms with Crippen LogP contribution in [0, 0.1) is 0 Å². The highest BCUT2D eigenvalue weighted by atomic mass is 16.3. The summed E-state index contributed by atoms with van der Waals surface area (Å²) in [6.45, 7) is 1.03. The van der Waals surface area contributed by atoms with Gasteiger partial charge in [-0.1, -0.05) is 30.3 Å². The number of hydrogen-bond donors (Lipinski definition) is 1. The van der Waals surface area contributed by atoms with E-state index in [4.69, 9.17) is 0 Å². The number of carbonyl (C=O) groups is 2. The van der Waals surface area contributed by atoms with Gasteiger partial charge in [-0.2, -0.15) is 0 Å². The molecule has 2 aliphatic rings. The van der Waals surface area contributed by atoms with E-state index < -0.39 is 5.60 Å². The number of amides is 2. The average Bonchev–Trinajstić information content (AvgIpc) is 2.81. The van der Waals surface area contributed by atoms with Gasteiger partial charge in [0, 0.05) is 25.9 Å². The number of piperidine rings is 1. The fourth-order valence-corrected chi connectivity index (χ4v) is 2.98. The lowest BCUT2D eigenvalue weighted by molar-refractivity contribution is -0.164. The van der Waals surface area contributed by atoms with Crippen molar-refractivity contribution in [2.24, 2.45) is 0 Å². The van der Waals surface area contributed by atoms with E-state index in [1.165, 1.54) is 5.01 Å². The van der Waals surface area contributed by atoms with Crippen LogP contribution in [0.3, 0.4) is 0 Å². The van der Waals surface area contributed by atoms with Crippen molar-refractivity contribution in [3.8, 4) is 0 Å². The Morgan fingerprint density at radius 2 is 1.50 bits per heavy atom. The maximum absolute atomic E-state index is 11.7. The molecule has 20 heavy (non-hydrogen) atoms. The van der Waals surface area contributed by atoms with E-state index in [0.29, 0.717) is 38.8 Å². The normalized spacial score (nSPS) is 23.4. The average molecular weight is 274 g/mol. The number of hydrazine groups is 1. The Morgan fingerprint density at radius 1 is 0.950 bits per heavy atom. The summed E-state index contributed by atoms with van der Waals surface area (Å²) in [6.07, 6.45) is 1.65. The van der Waals surface area contributed by atoms with Gasteiger partial charge in [0.25, 0.3) is 0 Å². The van der Waals surface area contributed by atoms with E-state index >= 15 is 0 Å². The van der Waals surface area contributed by atoms with Crippen LogP contribution in [0.5, 0.6) is 0 Å². The molecule has 0 bridgehead atoms. The zero-order chi connectivity index (χ0) is 14.2. The first kappa shape index (κ1) is 13.3. The quantitative estimate of drug-likeness (QED) is 0.818. The van der Waals surface area contributed by atoms with Gasteiger partial charge in [-0.15, -0.1) is 0 Å². The van der Waals surface area contributed by atoms with Gasteiger partial charge in [0.2, 0.25) is 11.8 Å². The largest absolute Gasteiger partial charge is 0.385 e. The first-order chi connectivity index (χ1) is 9.60. The Bertz CT molecular complexity index is 505. The zero-order valence-corrected chi connectivity index (χ0v) is 11.3. The van der Waals surface area contributed by atoms with Crippen molar-refractivity contribution >= 4 is 11.8 Å². The van der Waals surface area contributed by atoms with Crippen LogP contribution in [-0.4, -0.2) is 40.0 Å². The van der Waals surface area contributed by atoms with Crippen molar-refractivity contribution in [2.75, 3.05) is 13.1 Å². The molecule has 0 atom stereocenters. The third-order valence-electron chi connectivity index (χ3n) is 4.19. The monoisotopic (exact) mass is 274 g/mol. The number of rotatable bonds is 2. The summed E-state index contributed by atoms with van der Waals surface area (Å²) < 4.78 is 0. The minimum absolute atomic E-state index is 0.125. The van der Waals surface area contributed by atoms with Gasteiger partial charge in [-0.25, -0.2) is 10.0 Å². The third-order valence-corrected chi connectivity index (χ3v) is 4.19. The fraction of sp³-hybridized carbons (Fsp3) is 0.467. The number of benzene rings is 1. The molecular weight excluding hydrogens is 256 g/mol. The van der Waals surface area contributed by atoms with Gasteiger partial charge in [0.05, 0.1) is 5.60 Å². The molecule has 0 saturated carbocycles. The Kier molecular flexibility index (Phi) is 3.31. The van der Waals surface area contributed by atoms with E-state index in [-0.39, 0.29) is 11.8 Å². The molecule has 3 rings (SSSR count). The van der Waals surface area contributed by atoms with Crippen LogP contribution in [0.25, 0.3) is 0 Å². The molecule has 5 nitrogen and oxygen atoms in total. The summed E-state index contributed by atoms with van der Waals surface area (Å²) in [6, 6.07) is 9.58. The van der Waals surface area contributed by atoms with Gasteiger partial charge in [-0.3, -0.25) is 9.59 Å². The van der Waals surface area contributed by atoms with E-state index in [9.17, 15) is 14.7 Å². The lowest BCUT2D eigenvalue weighted by Gasteiger charge is -2.41. The fourth-order valence-electron chi connectivity index (χ4n) is 2.98. The van der Waals surface area contributed by atoms with E-state index in [1.54, 1.807) is 5.01 Å². The Balaban J connectivity index is 1.71. The molecule has 0 aromatic heterocycles. The van der Waals surface area contributed by atoms with Crippen molar-refractivity contribution in [3.05, 3.63) is 35.9 Å². The molecule has 5 heteroatoms. The first-order valence-electron chi connectivity index (χ1n) is 6.99. The van der Waals surface area contributed by atoms with Gasteiger partial charge in [0.1, 0.15) is 0 Å². The first-order valence-corrected chi connectivity index (χ1v) is 6.99. The molecule has 2 saturated heterocycles. The Labute approximate surface area is 117 Å². The highest BCUT2D eigenvalue weighted by Crippen LogP contribution is 2.33. The van der Waals surface area contributed by atoms with E-state index in [1.807, 2.05) is 30.3 Å². The smallest absolute Gasteiger partial charge is 0.244 e. The SMILES string of the molecule is O=C1CCC(=O)N1N1CCC(O)(c2ccccc2)CC1. The highest BCUT2D eigenvalue weighted by Gasteiger charge is 2.40. The molecule has 2 aliphatic heterocycles.